The van der Waals surface area contributed by atoms with Gasteiger partial charge in [0.25, 0.3) is 5.91 Å². The van der Waals surface area contributed by atoms with Crippen LogP contribution in [0.15, 0.2) is 53.1 Å². The Morgan fingerprint density at radius 1 is 1.07 bits per heavy atom. The smallest absolute Gasteiger partial charge is 0.260 e. The van der Waals surface area contributed by atoms with E-state index in [9.17, 15) is 13.2 Å². The van der Waals surface area contributed by atoms with E-state index in [-0.39, 0.29) is 11.6 Å². The summed E-state index contributed by atoms with van der Waals surface area (Å²) in [5.74, 6) is -0.325. The lowest BCUT2D eigenvalue weighted by Gasteiger charge is -2.10. The van der Waals surface area contributed by atoms with Crippen molar-refractivity contribution in [3.63, 3.8) is 0 Å². The maximum absolute atomic E-state index is 13.0. The van der Waals surface area contributed by atoms with Gasteiger partial charge in [-0.25, -0.2) is 13.4 Å². The van der Waals surface area contributed by atoms with Crippen LogP contribution in [-0.2, 0) is 10.0 Å². The van der Waals surface area contributed by atoms with Crippen LogP contribution >= 0.6 is 23.2 Å². The molecular weight excluding hydrogens is 449 g/mol. The number of sulfonamides is 1. The first-order valence-electron chi connectivity index (χ1n) is 8.85. The summed E-state index contributed by atoms with van der Waals surface area (Å²) in [4.78, 5) is 17.1. The Bertz CT molecular complexity index is 1350. The third-order valence-electron chi connectivity index (χ3n) is 4.44. The van der Waals surface area contributed by atoms with Gasteiger partial charge in [-0.1, -0.05) is 23.2 Å². The standard InChI is InChI=1S/C20H15Cl2N3O4S/c1-2-30(27,28)25-17-9-11(7-8-23-17)18-15-5-6-16(29-15)19(18)20(26)24-12-3-4-13(21)14(22)10-12/h3-10H,2H2,1H3,(H,23,25)(H,24,26). The minimum Gasteiger partial charge on any atom is -0.456 e. The number of hydrogen-bond donors (Lipinski definition) is 2. The molecule has 0 saturated carbocycles. The molecule has 2 bridgehead atoms. The van der Waals surface area contributed by atoms with Gasteiger partial charge in [-0.2, -0.15) is 0 Å². The van der Waals surface area contributed by atoms with Crippen molar-refractivity contribution in [3.8, 4) is 11.1 Å². The lowest BCUT2D eigenvalue weighted by atomic mass is 10.00. The van der Waals surface area contributed by atoms with Crippen LogP contribution in [0.5, 0.6) is 0 Å². The van der Waals surface area contributed by atoms with E-state index in [0.29, 0.717) is 43.6 Å². The molecule has 0 aliphatic carbocycles. The van der Waals surface area contributed by atoms with Gasteiger partial charge in [0.2, 0.25) is 10.0 Å². The van der Waals surface area contributed by atoms with Crippen LogP contribution in [0.3, 0.4) is 0 Å². The molecule has 30 heavy (non-hydrogen) atoms. The number of aromatic nitrogens is 1. The zero-order valence-electron chi connectivity index (χ0n) is 15.6. The maximum atomic E-state index is 13.0. The fourth-order valence-corrected chi connectivity index (χ4v) is 3.88. The number of amides is 1. The first kappa shape index (κ1) is 20.5. The molecule has 7 nitrogen and oxygen atoms in total. The molecule has 0 spiro atoms. The van der Waals surface area contributed by atoms with Crippen LogP contribution in [0.4, 0.5) is 11.5 Å². The van der Waals surface area contributed by atoms with Crippen molar-refractivity contribution < 1.29 is 17.6 Å². The van der Waals surface area contributed by atoms with E-state index < -0.39 is 15.9 Å². The van der Waals surface area contributed by atoms with Gasteiger partial charge in [-0.05, 0) is 55.0 Å². The van der Waals surface area contributed by atoms with E-state index >= 15 is 0 Å². The Morgan fingerprint density at radius 3 is 2.57 bits per heavy atom. The summed E-state index contributed by atoms with van der Waals surface area (Å²) in [6.45, 7) is 1.53. The minimum atomic E-state index is -3.49. The molecule has 1 aromatic carbocycles. The third-order valence-corrected chi connectivity index (χ3v) is 6.46. The van der Waals surface area contributed by atoms with Crippen LogP contribution in [0, 0.1) is 0 Å². The molecule has 0 aliphatic rings. The second-order valence-corrected chi connectivity index (χ2v) is 9.26. The van der Waals surface area contributed by atoms with Gasteiger partial charge >= 0.3 is 0 Å². The number of fused-ring (bicyclic) bond motifs is 2. The number of nitrogens with one attached hydrogen (secondary N) is 2. The van der Waals surface area contributed by atoms with E-state index in [1.807, 2.05) is 0 Å². The van der Waals surface area contributed by atoms with Crippen LogP contribution in [0.2, 0.25) is 10.0 Å². The van der Waals surface area contributed by atoms with Gasteiger partial charge in [0, 0.05) is 17.4 Å². The summed E-state index contributed by atoms with van der Waals surface area (Å²) in [6.07, 6.45) is 1.46. The van der Waals surface area contributed by atoms with Gasteiger partial charge in [-0.15, -0.1) is 0 Å². The molecule has 0 unspecified atom stereocenters. The molecule has 0 aliphatic heterocycles. The molecule has 3 heterocycles. The molecule has 1 amide bonds. The third kappa shape index (κ3) is 3.94. The quantitative estimate of drug-likeness (QED) is 0.406. The summed E-state index contributed by atoms with van der Waals surface area (Å²) >= 11 is 11.9. The summed E-state index contributed by atoms with van der Waals surface area (Å²) < 4.78 is 31.8. The fraction of sp³-hybridized carbons (Fsp3) is 0.100. The van der Waals surface area contributed by atoms with E-state index in [1.54, 1.807) is 42.5 Å². The summed E-state index contributed by atoms with van der Waals surface area (Å²) in [5, 5.41) is 3.48. The highest BCUT2D eigenvalue weighted by molar-refractivity contribution is 7.92. The number of halogens is 2. The number of nitrogens with zero attached hydrogens (tertiary/aromatic N) is 1. The van der Waals surface area contributed by atoms with Crippen molar-refractivity contribution >= 4 is 61.8 Å². The number of benzene rings is 2. The highest BCUT2D eigenvalue weighted by Crippen LogP contribution is 2.38. The number of anilines is 2. The Kier molecular flexibility index (Phi) is 5.31. The van der Waals surface area contributed by atoms with Gasteiger partial charge < -0.3 is 9.73 Å². The van der Waals surface area contributed by atoms with Crippen LogP contribution in [0.1, 0.15) is 17.3 Å². The van der Waals surface area contributed by atoms with Crippen molar-refractivity contribution in [1.29, 1.82) is 0 Å². The van der Waals surface area contributed by atoms with E-state index in [0.717, 1.165) is 0 Å². The lowest BCUT2D eigenvalue weighted by molar-refractivity contribution is 0.102. The molecule has 0 fully saturated rings. The number of furan rings is 2. The van der Waals surface area contributed by atoms with Crippen molar-refractivity contribution in [2.45, 2.75) is 6.92 Å². The topological polar surface area (TPSA) is 101 Å². The average Bonchev–Trinajstić information content (AvgIpc) is 3.32. The largest absolute Gasteiger partial charge is 0.456 e. The lowest BCUT2D eigenvalue weighted by Crippen LogP contribution is -2.15. The second kappa shape index (κ2) is 7.79. The molecular formula is C20H15Cl2N3O4S. The molecule has 4 rings (SSSR count). The van der Waals surface area contributed by atoms with Crippen LogP contribution in [0.25, 0.3) is 22.3 Å². The molecule has 0 radical (unpaired) electrons. The fourth-order valence-electron chi connectivity index (χ4n) is 3.01. The predicted molar refractivity (Wildman–Crippen MR) is 118 cm³/mol. The highest BCUT2D eigenvalue weighted by Gasteiger charge is 2.25. The Hall–Kier alpha value is -2.81. The summed E-state index contributed by atoms with van der Waals surface area (Å²) in [7, 11) is -3.49. The predicted octanol–water partition coefficient (Wildman–Crippen LogP) is 5.25. The number of carbonyl (C=O) groups is 1. The molecule has 0 atom stereocenters. The second-order valence-electron chi connectivity index (χ2n) is 6.43. The zero-order chi connectivity index (χ0) is 21.5. The highest BCUT2D eigenvalue weighted by atomic mass is 35.5. The van der Waals surface area contributed by atoms with Crippen LogP contribution in [-0.4, -0.2) is 25.1 Å². The summed E-state index contributed by atoms with van der Waals surface area (Å²) in [5.41, 5.74) is 2.85. The van der Waals surface area contributed by atoms with E-state index in [4.69, 9.17) is 27.6 Å². The molecule has 3 aromatic heterocycles. The minimum absolute atomic E-state index is 0.0833. The molecule has 2 N–H and O–H groups in total. The number of hydrogen-bond acceptors (Lipinski definition) is 5. The van der Waals surface area contributed by atoms with Gasteiger partial charge in [-0.3, -0.25) is 9.52 Å². The maximum Gasteiger partial charge on any atom is 0.260 e. The van der Waals surface area contributed by atoms with Crippen molar-refractivity contribution in [3.05, 3.63) is 64.3 Å². The number of carbonyl (C=O) groups excluding carboxylic acids is 1. The Balaban J connectivity index is 1.71. The molecule has 4 aromatic rings. The van der Waals surface area contributed by atoms with Crippen molar-refractivity contribution in [2.75, 3.05) is 15.8 Å². The SMILES string of the molecule is CCS(=O)(=O)Nc1cc(-c2c(C(=O)Nc3ccc(Cl)c(Cl)c3)c3ccc2o3)ccn1. The van der Waals surface area contributed by atoms with Gasteiger partial charge in [0.15, 0.2) is 0 Å². The average molecular weight is 464 g/mol. The van der Waals surface area contributed by atoms with Gasteiger partial charge in [0.1, 0.15) is 17.0 Å². The summed E-state index contributed by atoms with van der Waals surface area (Å²) in [6, 6.07) is 11.5. The molecule has 0 saturated heterocycles. The monoisotopic (exact) mass is 463 g/mol. The van der Waals surface area contributed by atoms with E-state index in [1.165, 1.54) is 13.1 Å². The Labute approximate surface area is 182 Å². The van der Waals surface area contributed by atoms with Crippen molar-refractivity contribution in [1.82, 2.24) is 4.98 Å². The molecule has 10 heteroatoms. The Morgan fingerprint density at radius 2 is 1.83 bits per heavy atom. The van der Waals surface area contributed by atoms with Crippen molar-refractivity contribution in [2.24, 2.45) is 0 Å². The zero-order valence-corrected chi connectivity index (χ0v) is 17.9. The van der Waals surface area contributed by atoms with Gasteiger partial charge in [0.05, 0.1) is 21.4 Å². The number of pyridine rings is 1. The van der Waals surface area contributed by atoms with E-state index in [2.05, 4.69) is 15.0 Å². The number of rotatable bonds is 6. The first-order chi connectivity index (χ1) is 14.3. The molecule has 154 valence electrons. The normalized spacial score (nSPS) is 11.7. The first-order valence-corrected chi connectivity index (χ1v) is 11.3. The van der Waals surface area contributed by atoms with Crippen LogP contribution < -0.4 is 10.0 Å².